The van der Waals surface area contributed by atoms with Crippen molar-refractivity contribution in [3.63, 3.8) is 0 Å². The van der Waals surface area contributed by atoms with E-state index < -0.39 is 0 Å². The van der Waals surface area contributed by atoms with Gasteiger partial charge in [-0.05, 0) is 7.05 Å². The lowest BCUT2D eigenvalue weighted by atomic mass is 10.2. The summed E-state index contributed by atoms with van der Waals surface area (Å²) in [6, 6.07) is 0. The molecule has 1 unspecified atom stereocenters. The summed E-state index contributed by atoms with van der Waals surface area (Å²) in [7, 11) is 3.57. The van der Waals surface area contributed by atoms with Crippen LogP contribution >= 0.6 is 0 Å². The number of hydrogen-bond acceptors (Lipinski definition) is 5. The topological polar surface area (TPSA) is 67.8 Å². The molecule has 6 nitrogen and oxygen atoms in total. The van der Waals surface area contributed by atoms with Crippen molar-refractivity contribution in [2.45, 2.75) is 12.5 Å². The molecule has 6 heteroatoms. The fourth-order valence-electron chi connectivity index (χ4n) is 2.12. The smallest absolute Gasteiger partial charge is 0.221 e. The number of rotatable bonds is 7. The third kappa shape index (κ3) is 6.30. The molecular formula is C12H26N4O2. The molecule has 1 rings (SSSR count). The Bertz CT molecular complexity index is 244. The van der Waals surface area contributed by atoms with Gasteiger partial charge in [0, 0.05) is 59.3 Å². The normalized spacial score (nSPS) is 18.9. The fraction of sp³-hybridized carbons (Fsp3) is 0.917. The molecule has 0 bridgehead atoms. The monoisotopic (exact) mass is 258 g/mol. The van der Waals surface area contributed by atoms with Crippen LogP contribution in [-0.2, 0) is 4.79 Å². The van der Waals surface area contributed by atoms with Gasteiger partial charge < -0.3 is 20.6 Å². The first-order valence-corrected chi connectivity index (χ1v) is 6.62. The number of aliphatic hydroxyl groups is 1. The highest BCUT2D eigenvalue weighted by atomic mass is 16.3. The Morgan fingerprint density at radius 3 is 2.78 bits per heavy atom. The lowest BCUT2D eigenvalue weighted by Crippen LogP contribution is -2.48. The Morgan fingerprint density at radius 1 is 1.50 bits per heavy atom. The van der Waals surface area contributed by atoms with Crippen molar-refractivity contribution in [3.8, 4) is 0 Å². The minimum atomic E-state index is -0.349. The predicted molar refractivity (Wildman–Crippen MR) is 71.5 cm³/mol. The Morgan fingerprint density at radius 2 is 2.17 bits per heavy atom. The molecule has 1 atom stereocenters. The van der Waals surface area contributed by atoms with E-state index in [2.05, 4.69) is 15.5 Å². The highest BCUT2D eigenvalue weighted by molar-refractivity contribution is 5.75. The maximum Gasteiger partial charge on any atom is 0.221 e. The molecule has 3 N–H and O–H groups in total. The van der Waals surface area contributed by atoms with Crippen molar-refractivity contribution in [2.75, 3.05) is 59.9 Å². The zero-order valence-corrected chi connectivity index (χ0v) is 11.5. The fourth-order valence-corrected chi connectivity index (χ4v) is 2.12. The van der Waals surface area contributed by atoms with E-state index >= 15 is 0 Å². The van der Waals surface area contributed by atoms with Crippen molar-refractivity contribution in [2.24, 2.45) is 0 Å². The number of carbonyl (C=O) groups is 1. The third-order valence-electron chi connectivity index (χ3n) is 3.20. The largest absolute Gasteiger partial charge is 0.390 e. The molecule has 18 heavy (non-hydrogen) atoms. The minimum absolute atomic E-state index is 0.0402. The zero-order valence-electron chi connectivity index (χ0n) is 11.5. The van der Waals surface area contributed by atoms with Gasteiger partial charge in [-0.15, -0.1) is 0 Å². The van der Waals surface area contributed by atoms with Crippen LogP contribution in [0.15, 0.2) is 0 Å². The number of amides is 1. The van der Waals surface area contributed by atoms with Crippen molar-refractivity contribution in [1.29, 1.82) is 0 Å². The molecule has 0 radical (unpaired) electrons. The zero-order chi connectivity index (χ0) is 13.4. The quantitative estimate of drug-likeness (QED) is 0.509. The number of nitrogens with one attached hydrogen (secondary N) is 2. The predicted octanol–water partition coefficient (Wildman–Crippen LogP) is -1.68. The van der Waals surface area contributed by atoms with Gasteiger partial charge in [0.1, 0.15) is 0 Å². The Hall–Kier alpha value is -0.690. The standard InChI is InChI=1S/C12H26N4O2/c1-13-12(18)3-6-15(2)9-11(17)10-16-7-4-14-5-8-16/h11,14,17H,3-10H2,1-2H3,(H,13,18). The van der Waals surface area contributed by atoms with E-state index in [0.717, 1.165) is 26.2 Å². The van der Waals surface area contributed by atoms with Crippen LogP contribution in [0, 0.1) is 0 Å². The number of aliphatic hydroxyl groups excluding tert-OH is 1. The second-order valence-corrected chi connectivity index (χ2v) is 4.89. The summed E-state index contributed by atoms with van der Waals surface area (Å²) in [6.07, 6.45) is 0.130. The molecule has 0 aromatic rings. The summed E-state index contributed by atoms with van der Waals surface area (Å²) in [6.45, 7) is 6.00. The summed E-state index contributed by atoms with van der Waals surface area (Å²) in [5.41, 5.74) is 0. The molecule has 1 fully saturated rings. The summed E-state index contributed by atoms with van der Waals surface area (Å²) in [4.78, 5) is 15.4. The molecule has 106 valence electrons. The average molecular weight is 258 g/mol. The van der Waals surface area contributed by atoms with Gasteiger partial charge in [-0.3, -0.25) is 9.69 Å². The first-order valence-electron chi connectivity index (χ1n) is 6.62. The molecule has 0 aromatic carbocycles. The van der Waals surface area contributed by atoms with Crippen LogP contribution in [0.4, 0.5) is 0 Å². The van der Waals surface area contributed by atoms with Crippen LogP contribution in [0.1, 0.15) is 6.42 Å². The third-order valence-corrected chi connectivity index (χ3v) is 3.20. The summed E-state index contributed by atoms with van der Waals surface area (Å²) in [5, 5.41) is 15.9. The maximum absolute atomic E-state index is 11.1. The lowest BCUT2D eigenvalue weighted by Gasteiger charge is -2.30. The summed E-state index contributed by atoms with van der Waals surface area (Å²) >= 11 is 0. The highest BCUT2D eigenvalue weighted by Crippen LogP contribution is 1.98. The Kier molecular flexibility index (Phi) is 7.19. The van der Waals surface area contributed by atoms with Gasteiger partial charge in [0.2, 0.25) is 5.91 Å². The Labute approximate surface area is 109 Å². The van der Waals surface area contributed by atoms with Crippen molar-refractivity contribution >= 4 is 5.91 Å². The first kappa shape index (κ1) is 15.4. The van der Waals surface area contributed by atoms with E-state index in [4.69, 9.17) is 0 Å². The molecule has 0 aliphatic carbocycles. The highest BCUT2D eigenvalue weighted by Gasteiger charge is 2.15. The minimum Gasteiger partial charge on any atom is -0.390 e. The van der Waals surface area contributed by atoms with E-state index in [9.17, 15) is 9.90 Å². The molecule has 1 aliphatic rings. The first-order chi connectivity index (χ1) is 8.61. The van der Waals surface area contributed by atoms with Crippen LogP contribution in [0.5, 0.6) is 0 Å². The maximum atomic E-state index is 11.1. The van der Waals surface area contributed by atoms with E-state index in [-0.39, 0.29) is 12.0 Å². The van der Waals surface area contributed by atoms with Gasteiger partial charge in [-0.1, -0.05) is 0 Å². The second-order valence-electron chi connectivity index (χ2n) is 4.89. The number of piperazine rings is 1. The van der Waals surface area contributed by atoms with E-state index in [1.807, 2.05) is 11.9 Å². The van der Waals surface area contributed by atoms with E-state index in [1.165, 1.54) is 0 Å². The summed E-state index contributed by atoms with van der Waals surface area (Å²) < 4.78 is 0. The van der Waals surface area contributed by atoms with Crippen LogP contribution in [0.2, 0.25) is 0 Å². The van der Waals surface area contributed by atoms with Crippen molar-refractivity contribution in [3.05, 3.63) is 0 Å². The van der Waals surface area contributed by atoms with Crippen LogP contribution in [0.25, 0.3) is 0 Å². The molecule has 1 amide bonds. The average Bonchev–Trinajstić information content (AvgIpc) is 2.37. The molecule has 0 saturated carbocycles. The SMILES string of the molecule is CNC(=O)CCN(C)CC(O)CN1CCNCC1. The number of likely N-dealkylation sites (N-methyl/N-ethyl adjacent to an activating group) is 1. The van der Waals surface area contributed by atoms with Crippen molar-refractivity contribution in [1.82, 2.24) is 20.4 Å². The molecule has 0 aromatic heterocycles. The number of hydrogen-bond donors (Lipinski definition) is 3. The van der Waals surface area contributed by atoms with Gasteiger partial charge in [0.05, 0.1) is 6.10 Å². The number of carbonyl (C=O) groups excluding carboxylic acids is 1. The van der Waals surface area contributed by atoms with Crippen LogP contribution < -0.4 is 10.6 Å². The van der Waals surface area contributed by atoms with Gasteiger partial charge >= 0.3 is 0 Å². The van der Waals surface area contributed by atoms with Gasteiger partial charge in [0.25, 0.3) is 0 Å². The molecular weight excluding hydrogens is 232 g/mol. The van der Waals surface area contributed by atoms with Gasteiger partial charge in [0.15, 0.2) is 0 Å². The van der Waals surface area contributed by atoms with Crippen LogP contribution in [0.3, 0.4) is 0 Å². The van der Waals surface area contributed by atoms with Gasteiger partial charge in [-0.2, -0.15) is 0 Å². The van der Waals surface area contributed by atoms with Gasteiger partial charge in [-0.25, -0.2) is 0 Å². The second kappa shape index (κ2) is 8.42. The molecule has 1 heterocycles. The Balaban J connectivity index is 2.13. The van der Waals surface area contributed by atoms with E-state index in [0.29, 0.717) is 26.1 Å². The van der Waals surface area contributed by atoms with Crippen LogP contribution in [-0.4, -0.2) is 86.8 Å². The molecule has 1 aliphatic heterocycles. The van der Waals surface area contributed by atoms with Crippen molar-refractivity contribution < 1.29 is 9.90 Å². The summed E-state index contributed by atoms with van der Waals surface area (Å²) in [5.74, 6) is 0.0402. The lowest BCUT2D eigenvalue weighted by molar-refractivity contribution is -0.120. The number of β-amino-alcohol motifs (C(OH)–C–C–N with tert-alkyl or cyclic N) is 1. The molecule has 0 spiro atoms. The molecule has 1 saturated heterocycles. The number of nitrogens with zero attached hydrogens (tertiary/aromatic N) is 2. The van der Waals surface area contributed by atoms with E-state index in [1.54, 1.807) is 7.05 Å².